The third kappa shape index (κ3) is 4.16. The maximum absolute atomic E-state index is 6.26. The van der Waals surface area contributed by atoms with Crippen molar-refractivity contribution in [1.82, 2.24) is 0 Å². The van der Waals surface area contributed by atoms with Crippen LogP contribution in [0.3, 0.4) is 0 Å². The van der Waals surface area contributed by atoms with E-state index in [2.05, 4.69) is 94.5 Å². The number of anilines is 1. The van der Waals surface area contributed by atoms with Crippen LogP contribution in [-0.4, -0.2) is 7.05 Å². The minimum atomic E-state index is 0.102. The minimum absolute atomic E-state index is 0.102. The Bertz CT molecular complexity index is 951. The van der Waals surface area contributed by atoms with Gasteiger partial charge in [0.25, 0.3) is 0 Å². The van der Waals surface area contributed by atoms with Gasteiger partial charge >= 0.3 is 0 Å². The van der Waals surface area contributed by atoms with Crippen molar-refractivity contribution >= 4 is 5.69 Å². The molecule has 3 aromatic rings. The molecule has 3 rings (SSSR count). The second-order valence-electron chi connectivity index (χ2n) is 8.11. The molecular weight excluding hydrogens is 330 g/mol. The molecule has 0 spiro atoms. The lowest BCUT2D eigenvalue weighted by atomic mass is 9.87. The van der Waals surface area contributed by atoms with E-state index in [0.29, 0.717) is 0 Å². The van der Waals surface area contributed by atoms with Gasteiger partial charge in [-0.05, 0) is 71.8 Å². The molecule has 0 saturated heterocycles. The second-order valence-corrected chi connectivity index (χ2v) is 8.11. The summed E-state index contributed by atoms with van der Waals surface area (Å²) in [5.74, 6) is 1.79. The molecule has 0 aliphatic rings. The highest BCUT2D eigenvalue weighted by Gasteiger charge is 2.15. The maximum Gasteiger partial charge on any atom is 0.130 e. The van der Waals surface area contributed by atoms with Gasteiger partial charge in [-0.15, -0.1) is 0 Å². The molecule has 27 heavy (non-hydrogen) atoms. The molecule has 0 amide bonds. The molecule has 0 radical (unpaired) electrons. The highest BCUT2D eigenvalue weighted by molar-refractivity contribution is 5.80. The van der Waals surface area contributed by atoms with Gasteiger partial charge in [0, 0.05) is 18.3 Å². The first-order chi connectivity index (χ1) is 12.8. The number of hydrogen-bond acceptors (Lipinski definition) is 2. The van der Waals surface area contributed by atoms with E-state index >= 15 is 0 Å². The molecule has 3 aromatic carbocycles. The molecule has 0 atom stereocenters. The number of aryl methyl sites for hydroxylation is 2. The first kappa shape index (κ1) is 19.0. The summed E-state index contributed by atoms with van der Waals surface area (Å²) >= 11 is 0. The van der Waals surface area contributed by atoms with E-state index in [4.69, 9.17) is 4.74 Å². The zero-order chi connectivity index (χ0) is 19.6. The molecule has 0 fully saturated rings. The second kappa shape index (κ2) is 7.48. The SMILES string of the molecule is CNc1ccccc1-c1cc(C)c(Oc2cccc(C(C)(C)C)c2)cc1C. The molecule has 0 bridgehead atoms. The molecular formula is C25H29NO. The minimum Gasteiger partial charge on any atom is -0.457 e. The van der Waals surface area contributed by atoms with E-state index in [1.165, 1.54) is 22.3 Å². The standard InChI is InChI=1S/C25H29NO/c1-17-15-24(27-20-11-9-10-19(16-20)25(3,4)5)18(2)14-22(17)21-12-7-8-13-23(21)26-6/h7-16,26H,1-6H3. The summed E-state index contributed by atoms with van der Waals surface area (Å²) in [5.41, 5.74) is 7.27. The van der Waals surface area contributed by atoms with Gasteiger partial charge in [-0.25, -0.2) is 0 Å². The number of ether oxygens (including phenoxy) is 1. The fourth-order valence-corrected chi connectivity index (χ4v) is 3.28. The average Bonchev–Trinajstić information content (AvgIpc) is 2.64. The largest absolute Gasteiger partial charge is 0.457 e. The maximum atomic E-state index is 6.26. The van der Waals surface area contributed by atoms with Crippen LogP contribution < -0.4 is 10.1 Å². The van der Waals surface area contributed by atoms with E-state index in [1.807, 2.05) is 13.1 Å². The fraction of sp³-hybridized carbons (Fsp3) is 0.280. The van der Waals surface area contributed by atoms with Crippen LogP contribution in [0.4, 0.5) is 5.69 Å². The predicted octanol–water partition coefficient (Wildman–Crippen LogP) is 7.10. The van der Waals surface area contributed by atoms with Crippen LogP contribution in [0.25, 0.3) is 11.1 Å². The third-order valence-corrected chi connectivity index (χ3v) is 4.94. The Morgan fingerprint density at radius 3 is 2.22 bits per heavy atom. The molecule has 1 N–H and O–H groups in total. The lowest BCUT2D eigenvalue weighted by molar-refractivity contribution is 0.474. The Hall–Kier alpha value is -2.74. The lowest BCUT2D eigenvalue weighted by Crippen LogP contribution is -2.10. The van der Waals surface area contributed by atoms with Crippen LogP contribution in [0.2, 0.25) is 0 Å². The Morgan fingerprint density at radius 1 is 0.778 bits per heavy atom. The summed E-state index contributed by atoms with van der Waals surface area (Å²) in [6.07, 6.45) is 0. The number of benzene rings is 3. The summed E-state index contributed by atoms with van der Waals surface area (Å²) in [7, 11) is 1.96. The zero-order valence-electron chi connectivity index (χ0n) is 17.2. The highest BCUT2D eigenvalue weighted by atomic mass is 16.5. The molecule has 2 nitrogen and oxygen atoms in total. The third-order valence-electron chi connectivity index (χ3n) is 4.94. The predicted molar refractivity (Wildman–Crippen MR) is 116 cm³/mol. The zero-order valence-corrected chi connectivity index (χ0v) is 17.2. The molecule has 0 aliphatic carbocycles. The van der Waals surface area contributed by atoms with Crippen LogP contribution in [0.15, 0.2) is 60.7 Å². The van der Waals surface area contributed by atoms with Crippen LogP contribution in [0, 0.1) is 13.8 Å². The van der Waals surface area contributed by atoms with Gasteiger partial charge in [-0.3, -0.25) is 0 Å². The highest BCUT2D eigenvalue weighted by Crippen LogP contribution is 2.36. The lowest BCUT2D eigenvalue weighted by Gasteiger charge is -2.20. The van der Waals surface area contributed by atoms with E-state index in [9.17, 15) is 0 Å². The van der Waals surface area contributed by atoms with Crippen molar-refractivity contribution in [2.45, 2.75) is 40.0 Å². The van der Waals surface area contributed by atoms with Crippen molar-refractivity contribution in [3.63, 3.8) is 0 Å². The number of hydrogen-bond donors (Lipinski definition) is 1. The van der Waals surface area contributed by atoms with E-state index in [0.717, 1.165) is 22.7 Å². The monoisotopic (exact) mass is 359 g/mol. The van der Waals surface area contributed by atoms with Crippen LogP contribution >= 0.6 is 0 Å². The molecule has 0 unspecified atom stereocenters. The van der Waals surface area contributed by atoms with Gasteiger partial charge in [0.2, 0.25) is 0 Å². The molecule has 0 heterocycles. The van der Waals surface area contributed by atoms with Crippen molar-refractivity contribution in [3.8, 4) is 22.6 Å². The quantitative estimate of drug-likeness (QED) is 0.536. The smallest absolute Gasteiger partial charge is 0.130 e. The van der Waals surface area contributed by atoms with Crippen molar-refractivity contribution in [2.75, 3.05) is 12.4 Å². The fourth-order valence-electron chi connectivity index (χ4n) is 3.28. The average molecular weight is 360 g/mol. The number of para-hydroxylation sites is 1. The Morgan fingerprint density at radius 2 is 1.52 bits per heavy atom. The van der Waals surface area contributed by atoms with Gasteiger partial charge in [0.1, 0.15) is 11.5 Å². The summed E-state index contributed by atoms with van der Waals surface area (Å²) in [6, 6.07) is 21.1. The molecule has 0 aliphatic heterocycles. The Kier molecular flexibility index (Phi) is 5.27. The summed E-state index contributed by atoms with van der Waals surface area (Å²) < 4.78 is 6.26. The Labute approximate surface area is 163 Å². The Balaban J connectivity index is 1.97. The van der Waals surface area contributed by atoms with Gasteiger partial charge in [0.15, 0.2) is 0 Å². The number of rotatable bonds is 4. The van der Waals surface area contributed by atoms with Crippen molar-refractivity contribution in [1.29, 1.82) is 0 Å². The van der Waals surface area contributed by atoms with Gasteiger partial charge in [0.05, 0.1) is 0 Å². The normalized spacial score (nSPS) is 11.3. The van der Waals surface area contributed by atoms with E-state index in [-0.39, 0.29) is 5.41 Å². The van der Waals surface area contributed by atoms with Crippen LogP contribution in [-0.2, 0) is 5.41 Å². The first-order valence-corrected chi connectivity index (χ1v) is 9.46. The van der Waals surface area contributed by atoms with Crippen molar-refractivity contribution in [2.24, 2.45) is 0 Å². The number of nitrogens with one attached hydrogen (secondary N) is 1. The van der Waals surface area contributed by atoms with Gasteiger partial charge in [-0.2, -0.15) is 0 Å². The summed E-state index contributed by atoms with van der Waals surface area (Å²) in [6.45, 7) is 10.9. The van der Waals surface area contributed by atoms with E-state index in [1.54, 1.807) is 0 Å². The topological polar surface area (TPSA) is 21.3 Å². The first-order valence-electron chi connectivity index (χ1n) is 9.46. The van der Waals surface area contributed by atoms with Crippen molar-refractivity contribution in [3.05, 3.63) is 77.4 Å². The van der Waals surface area contributed by atoms with Gasteiger partial charge < -0.3 is 10.1 Å². The molecule has 0 aromatic heterocycles. The summed E-state index contributed by atoms with van der Waals surface area (Å²) in [4.78, 5) is 0. The molecule has 2 heteroatoms. The van der Waals surface area contributed by atoms with Crippen LogP contribution in [0.5, 0.6) is 11.5 Å². The molecule has 0 saturated carbocycles. The van der Waals surface area contributed by atoms with Crippen molar-refractivity contribution < 1.29 is 4.74 Å². The summed E-state index contributed by atoms with van der Waals surface area (Å²) in [5, 5.41) is 3.28. The molecule has 140 valence electrons. The van der Waals surface area contributed by atoms with E-state index < -0.39 is 0 Å². The van der Waals surface area contributed by atoms with Crippen LogP contribution in [0.1, 0.15) is 37.5 Å². The van der Waals surface area contributed by atoms with Gasteiger partial charge in [-0.1, -0.05) is 51.1 Å².